The standard InChI is InChI=1S/C12H15ClFN/c1-8-6-10(13)11(14)7-9(8)12(15)4-2-3-5-12/h6-7H,2-5,15H2,1H3. The fourth-order valence-corrected chi connectivity index (χ4v) is 2.68. The maximum atomic E-state index is 13.4. The Labute approximate surface area is 94.4 Å². The van der Waals surface area contributed by atoms with E-state index in [1.165, 1.54) is 6.07 Å². The van der Waals surface area contributed by atoms with E-state index in [2.05, 4.69) is 0 Å². The monoisotopic (exact) mass is 227 g/mol. The molecule has 1 saturated carbocycles. The highest BCUT2D eigenvalue weighted by Crippen LogP contribution is 2.38. The number of benzene rings is 1. The zero-order valence-electron chi connectivity index (χ0n) is 8.82. The van der Waals surface area contributed by atoms with Crippen LogP contribution in [0.25, 0.3) is 0 Å². The van der Waals surface area contributed by atoms with Crippen molar-refractivity contribution in [1.82, 2.24) is 0 Å². The predicted molar refractivity (Wildman–Crippen MR) is 60.5 cm³/mol. The smallest absolute Gasteiger partial charge is 0.142 e. The van der Waals surface area contributed by atoms with Crippen molar-refractivity contribution in [3.8, 4) is 0 Å². The van der Waals surface area contributed by atoms with Crippen LogP contribution in [0.3, 0.4) is 0 Å². The van der Waals surface area contributed by atoms with Crippen molar-refractivity contribution in [2.45, 2.75) is 38.1 Å². The van der Waals surface area contributed by atoms with Gasteiger partial charge in [-0.05, 0) is 43.0 Å². The topological polar surface area (TPSA) is 26.0 Å². The quantitative estimate of drug-likeness (QED) is 0.781. The fourth-order valence-electron chi connectivity index (χ4n) is 2.46. The number of aryl methyl sites for hydroxylation is 1. The molecule has 1 aromatic carbocycles. The summed E-state index contributed by atoms with van der Waals surface area (Å²) in [5.74, 6) is -0.367. The fraction of sp³-hybridized carbons (Fsp3) is 0.500. The first-order valence-corrected chi connectivity index (χ1v) is 5.66. The average Bonchev–Trinajstić information content (AvgIpc) is 2.60. The summed E-state index contributed by atoms with van der Waals surface area (Å²) in [5, 5.41) is 0.179. The van der Waals surface area contributed by atoms with Gasteiger partial charge in [-0.2, -0.15) is 0 Å². The summed E-state index contributed by atoms with van der Waals surface area (Å²) in [6, 6.07) is 3.17. The maximum absolute atomic E-state index is 13.4. The summed E-state index contributed by atoms with van der Waals surface area (Å²) < 4.78 is 13.4. The average molecular weight is 228 g/mol. The molecule has 1 aliphatic carbocycles. The minimum Gasteiger partial charge on any atom is -0.321 e. The second kappa shape index (κ2) is 3.76. The van der Waals surface area contributed by atoms with Gasteiger partial charge < -0.3 is 5.73 Å². The van der Waals surface area contributed by atoms with Crippen LogP contribution in [0.5, 0.6) is 0 Å². The van der Waals surface area contributed by atoms with E-state index in [-0.39, 0.29) is 16.4 Å². The van der Waals surface area contributed by atoms with Gasteiger partial charge in [0, 0.05) is 5.54 Å². The van der Waals surface area contributed by atoms with Crippen molar-refractivity contribution in [2.24, 2.45) is 5.73 Å². The second-order valence-electron chi connectivity index (χ2n) is 4.44. The number of nitrogens with two attached hydrogens (primary N) is 1. The van der Waals surface area contributed by atoms with Gasteiger partial charge in [0.25, 0.3) is 0 Å². The van der Waals surface area contributed by atoms with Gasteiger partial charge >= 0.3 is 0 Å². The van der Waals surface area contributed by atoms with Crippen LogP contribution in [0.1, 0.15) is 36.8 Å². The molecule has 1 nitrogen and oxygen atoms in total. The third-order valence-electron chi connectivity index (χ3n) is 3.30. The first-order chi connectivity index (χ1) is 7.03. The Kier molecular flexibility index (Phi) is 2.73. The molecule has 2 N–H and O–H groups in total. The lowest BCUT2D eigenvalue weighted by Gasteiger charge is -2.26. The molecule has 0 heterocycles. The normalized spacial score (nSPS) is 19.5. The minimum absolute atomic E-state index is 0.179. The first-order valence-electron chi connectivity index (χ1n) is 5.28. The number of hydrogen-bond donors (Lipinski definition) is 1. The van der Waals surface area contributed by atoms with Gasteiger partial charge in [0.2, 0.25) is 0 Å². The zero-order chi connectivity index (χ0) is 11.1. The Bertz CT molecular complexity index is 383. The van der Waals surface area contributed by atoms with Crippen LogP contribution in [0.4, 0.5) is 4.39 Å². The van der Waals surface area contributed by atoms with E-state index in [0.29, 0.717) is 0 Å². The number of hydrogen-bond acceptors (Lipinski definition) is 1. The van der Waals surface area contributed by atoms with Crippen LogP contribution in [-0.4, -0.2) is 0 Å². The summed E-state index contributed by atoms with van der Waals surface area (Å²) in [6.45, 7) is 1.94. The van der Waals surface area contributed by atoms with Crippen LogP contribution < -0.4 is 5.73 Å². The summed E-state index contributed by atoms with van der Waals surface area (Å²) in [5.41, 5.74) is 7.86. The van der Waals surface area contributed by atoms with Gasteiger partial charge in [0.05, 0.1) is 5.02 Å². The van der Waals surface area contributed by atoms with Crippen molar-refractivity contribution in [3.63, 3.8) is 0 Å². The molecule has 15 heavy (non-hydrogen) atoms. The number of rotatable bonds is 1. The lowest BCUT2D eigenvalue weighted by atomic mass is 9.86. The third kappa shape index (κ3) is 1.88. The highest BCUT2D eigenvalue weighted by atomic mass is 35.5. The molecule has 1 fully saturated rings. The highest BCUT2D eigenvalue weighted by molar-refractivity contribution is 6.30. The van der Waals surface area contributed by atoms with Gasteiger partial charge in [-0.3, -0.25) is 0 Å². The summed E-state index contributed by atoms with van der Waals surface area (Å²) in [7, 11) is 0. The zero-order valence-corrected chi connectivity index (χ0v) is 9.57. The van der Waals surface area contributed by atoms with Gasteiger partial charge in [-0.15, -0.1) is 0 Å². The molecule has 3 heteroatoms. The van der Waals surface area contributed by atoms with E-state index in [0.717, 1.165) is 36.8 Å². The molecular formula is C12H15ClFN. The molecule has 82 valence electrons. The van der Waals surface area contributed by atoms with E-state index in [4.69, 9.17) is 17.3 Å². The Morgan fingerprint density at radius 3 is 2.53 bits per heavy atom. The van der Waals surface area contributed by atoms with Crippen LogP contribution in [0, 0.1) is 12.7 Å². The van der Waals surface area contributed by atoms with E-state index < -0.39 is 0 Å². The third-order valence-corrected chi connectivity index (χ3v) is 3.59. The van der Waals surface area contributed by atoms with E-state index in [1.807, 2.05) is 6.92 Å². The van der Waals surface area contributed by atoms with Crippen LogP contribution in [0.2, 0.25) is 5.02 Å². The minimum atomic E-state index is -0.367. The molecule has 0 bridgehead atoms. The molecule has 0 aliphatic heterocycles. The molecule has 1 aliphatic rings. The van der Waals surface area contributed by atoms with Crippen molar-refractivity contribution in [3.05, 3.63) is 34.1 Å². The molecule has 0 radical (unpaired) electrons. The molecular weight excluding hydrogens is 213 g/mol. The summed E-state index contributed by atoms with van der Waals surface area (Å²) >= 11 is 5.72. The molecule has 1 aromatic rings. The Hall–Kier alpha value is -0.600. The van der Waals surface area contributed by atoms with Gasteiger partial charge in [0.1, 0.15) is 5.82 Å². The van der Waals surface area contributed by atoms with Crippen LogP contribution in [0.15, 0.2) is 12.1 Å². The predicted octanol–water partition coefficient (Wildman–Crippen LogP) is 3.52. The van der Waals surface area contributed by atoms with Crippen LogP contribution >= 0.6 is 11.6 Å². The second-order valence-corrected chi connectivity index (χ2v) is 4.85. The van der Waals surface area contributed by atoms with Crippen molar-refractivity contribution in [1.29, 1.82) is 0 Å². The van der Waals surface area contributed by atoms with E-state index in [9.17, 15) is 4.39 Å². The van der Waals surface area contributed by atoms with Crippen molar-refractivity contribution >= 4 is 11.6 Å². The van der Waals surface area contributed by atoms with Gasteiger partial charge in [-0.1, -0.05) is 24.4 Å². The Morgan fingerprint density at radius 1 is 1.33 bits per heavy atom. The first kappa shape index (κ1) is 10.9. The molecule has 0 saturated heterocycles. The summed E-state index contributed by atoms with van der Waals surface area (Å²) in [4.78, 5) is 0. The van der Waals surface area contributed by atoms with E-state index >= 15 is 0 Å². The molecule has 0 atom stereocenters. The SMILES string of the molecule is Cc1cc(Cl)c(F)cc1C1(N)CCCC1. The molecule has 0 unspecified atom stereocenters. The highest BCUT2D eigenvalue weighted by Gasteiger charge is 2.32. The Morgan fingerprint density at radius 2 is 1.93 bits per heavy atom. The van der Waals surface area contributed by atoms with Gasteiger partial charge in [0.15, 0.2) is 0 Å². The van der Waals surface area contributed by atoms with Crippen LogP contribution in [-0.2, 0) is 5.54 Å². The number of halogens is 2. The Balaban J connectivity index is 2.48. The lowest BCUT2D eigenvalue weighted by Crippen LogP contribution is -2.34. The largest absolute Gasteiger partial charge is 0.321 e. The molecule has 2 rings (SSSR count). The lowest BCUT2D eigenvalue weighted by molar-refractivity contribution is 0.455. The molecule has 0 spiro atoms. The summed E-state index contributed by atoms with van der Waals surface area (Å²) in [6.07, 6.45) is 4.13. The van der Waals surface area contributed by atoms with Crippen molar-refractivity contribution < 1.29 is 4.39 Å². The molecule has 0 aromatic heterocycles. The van der Waals surface area contributed by atoms with Crippen molar-refractivity contribution in [2.75, 3.05) is 0 Å². The van der Waals surface area contributed by atoms with E-state index in [1.54, 1.807) is 6.07 Å². The molecule has 0 amide bonds. The maximum Gasteiger partial charge on any atom is 0.142 e. The van der Waals surface area contributed by atoms with Gasteiger partial charge in [-0.25, -0.2) is 4.39 Å².